The second-order valence-electron chi connectivity index (χ2n) is 7.26. The molecule has 3 aromatic carbocycles. The number of para-hydroxylation sites is 1. The van der Waals surface area contributed by atoms with Gasteiger partial charge in [-0.2, -0.15) is 0 Å². The lowest BCUT2D eigenvalue weighted by atomic mass is 10.1. The van der Waals surface area contributed by atoms with Gasteiger partial charge in [-0.3, -0.25) is 15.1 Å². The lowest BCUT2D eigenvalue weighted by Crippen LogP contribution is -2.50. The van der Waals surface area contributed by atoms with Crippen LogP contribution in [0.25, 0.3) is 5.70 Å². The molecule has 0 unspecified atom stereocenters. The van der Waals surface area contributed by atoms with Crippen LogP contribution in [0.2, 0.25) is 0 Å². The molecule has 1 atom stereocenters. The molecule has 0 radical (unpaired) electrons. The van der Waals surface area contributed by atoms with E-state index in [0.717, 1.165) is 21.9 Å². The summed E-state index contributed by atoms with van der Waals surface area (Å²) in [4.78, 5) is 18.0. The van der Waals surface area contributed by atoms with Crippen LogP contribution in [-0.4, -0.2) is 16.1 Å². The van der Waals surface area contributed by atoms with Gasteiger partial charge < -0.3 is 0 Å². The van der Waals surface area contributed by atoms with E-state index in [1.807, 2.05) is 54.6 Å². The minimum atomic E-state index is -0.378. The van der Waals surface area contributed by atoms with E-state index in [1.165, 1.54) is 22.9 Å². The van der Waals surface area contributed by atoms with Gasteiger partial charge in [0.2, 0.25) is 0 Å². The van der Waals surface area contributed by atoms with E-state index < -0.39 is 0 Å². The molecule has 2 aliphatic rings. The summed E-state index contributed by atoms with van der Waals surface area (Å²) in [7, 11) is 0. The topological polar surface area (TPSA) is 57.1 Å². The smallest absolute Gasteiger partial charge is 0.276 e. The van der Waals surface area contributed by atoms with E-state index in [1.54, 1.807) is 5.01 Å². The van der Waals surface area contributed by atoms with Crippen LogP contribution in [0, 0.1) is 6.92 Å². The Bertz CT molecular complexity index is 1250. The van der Waals surface area contributed by atoms with Gasteiger partial charge in [0.15, 0.2) is 11.3 Å². The highest BCUT2D eigenvalue weighted by Gasteiger charge is 2.34. The SMILES string of the molecule is Cc1ccc(CSC2=NN3C(=c4ccccc4=N[C@H]3c3ccccc3)C(=O)N2)cc1. The lowest BCUT2D eigenvalue weighted by Gasteiger charge is -2.34. The quantitative estimate of drug-likeness (QED) is 0.719. The van der Waals surface area contributed by atoms with Gasteiger partial charge in [-0.1, -0.05) is 90.1 Å². The number of hydrogen-bond donors (Lipinski definition) is 1. The molecule has 5 rings (SSSR count). The summed E-state index contributed by atoms with van der Waals surface area (Å²) >= 11 is 1.52. The highest BCUT2D eigenvalue weighted by atomic mass is 32.2. The van der Waals surface area contributed by atoms with Crippen LogP contribution >= 0.6 is 11.8 Å². The van der Waals surface area contributed by atoms with Crippen molar-refractivity contribution in [1.29, 1.82) is 0 Å². The highest BCUT2D eigenvalue weighted by molar-refractivity contribution is 8.13. The van der Waals surface area contributed by atoms with Crippen molar-refractivity contribution >= 4 is 28.5 Å². The molecule has 3 aromatic rings. The fraction of sp³-hybridized carbons (Fsp3) is 0.125. The molecule has 2 aliphatic heterocycles. The van der Waals surface area contributed by atoms with Gasteiger partial charge in [0, 0.05) is 11.0 Å². The number of hydrazone groups is 1. The van der Waals surface area contributed by atoms with Crippen LogP contribution < -0.4 is 15.9 Å². The molecule has 0 fully saturated rings. The number of benzene rings is 3. The van der Waals surface area contributed by atoms with Crippen LogP contribution in [-0.2, 0) is 10.5 Å². The number of fused-ring (bicyclic) bond motifs is 2. The number of hydrogen-bond acceptors (Lipinski definition) is 5. The highest BCUT2D eigenvalue weighted by Crippen LogP contribution is 2.30. The molecule has 1 N–H and O–H groups in total. The van der Waals surface area contributed by atoms with Crippen molar-refractivity contribution in [2.24, 2.45) is 10.1 Å². The average Bonchev–Trinajstić information content (AvgIpc) is 2.78. The Morgan fingerprint density at radius 3 is 2.50 bits per heavy atom. The standard InChI is InChI=1S/C24H20N4OS/c1-16-11-13-17(14-12-16)15-30-24-26-23(29)21-19-9-5-6-10-20(19)25-22(28(21)27-24)18-7-3-2-4-8-18/h2-14,22H,15H2,1H3,(H,26,27,29)/t22-/m1/s1. The van der Waals surface area contributed by atoms with Crippen LogP contribution in [0.15, 0.2) is 89.0 Å². The zero-order chi connectivity index (χ0) is 20.5. The minimum Gasteiger partial charge on any atom is -0.298 e. The van der Waals surface area contributed by atoms with Crippen molar-refractivity contribution in [1.82, 2.24) is 10.3 Å². The fourth-order valence-corrected chi connectivity index (χ4v) is 4.38. The van der Waals surface area contributed by atoms with Gasteiger partial charge in [0.1, 0.15) is 5.70 Å². The maximum absolute atomic E-state index is 13.1. The Hall–Kier alpha value is -3.38. The van der Waals surface area contributed by atoms with Crippen molar-refractivity contribution in [3.63, 3.8) is 0 Å². The molecule has 0 spiro atoms. The van der Waals surface area contributed by atoms with Gasteiger partial charge in [0.25, 0.3) is 5.91 Å². The van der Waals surface area contributed by atoms with Gasteiger partial charge in [0.05, 0.1) is 5.36 Å². The third-order valence-corrected chi connectivity index (χ3v) is 6.04. The molecule has 0 bridgehead atoms. The molecule has 2 heterocycles. The van der Waals surface area contributed by atoms with Crippen molar-refractivity contribution in [2.75, 3.05) is 0 Å². The van der Waals surface area contributed by atoms with E-state index >= 15 is 0 Å². The number of amidine groups is 1. The third-order valence-electron chi connectivity index (χ3n) is 5.11. The Labute approximate surface area is 178 Å². The monoisotopic (exact) mass is 412 g/mol. The van der Waals surface area contributed by atoms with Crippen molar-refractivity contribution in [3.05, 3.63) is 106 Å². The molecule has 0 aliphatic carbocycles. The molecule has 6 heteroatoms. The van der Waals surface area contributed by atoms with Crippen molar-refractivity contribution in [3.8, 4) is 0 Å². The van der Waals surface area contributed by atoms with Crippen LogP contribution in [0.3, 0.4) is 0 Å². The predicted octanol–water partition coefficient (Wildman–Crippen LogP) is 3.07. The predicted molar refractivity (Wildman–Crippen MR) is 120 cm³/mol. The van der Waals surface area contributed by atoms with Crippen molar-refractivity contribution in [2.45, 2.75) is 18.8 Å². The van der Waals surface area contributed by atoms with Gasteiger partial charge in [-0.05, 0) is 24.1 Å². The fourth-order valence-electron chi connectivity index (χ4n) is 3.57. The maximum Gasteiger partial charge on any atom is 0.276 e. The largest absolute Gasteiger partial charge is 0.298 e. The van der Waals surface area contributed by atoms with Crippen LogP contribution in [0.1, 0.15) is 22.9 Å². The van der Waals surface area contributed by atoms with Crippen molar-refractivity contribution < 1.29 is 4.79 Å². The van der Waals surface area contributed by atoms with Crippen LogP contribution in [0.4, 0.5) is 0 Å². The maximum atomic E-state index is 13.1. The Morgan fingerprint density at radius 2 is 1.70 bits per heavy atom. The summed E-state index contributed by atoms with van der Waals surface area (Å²) in [6.07, 6.45) is -0.378. The molecule has 0 saturated carbocycles. The Morgan fingerprint density at radius 1 is 0.967 bits per heavy atom. The zero-order valence-corrected chi connectivity index (χ0v) is 17.3. The summed E-state index contributed by atoms with van der Waals surface area (Å²) in [5.74, 6) is 0.575. The molecule has 0 aromatic heterocycles. The molecule has 148 valence electrons. The minimum absolute atomic E-state index is 0.153. The van der Waals surface area contributed by atoms with Crippen LogP contribution in [0.5, 0.6) is 0 Å². The summed E-state index contributed by atoms with van der Waals surface area (Å²) in [6, 6.07) is 26.1. The molecule has 5 nitrogen and oxygen atoms in total. The van der Waals surface area contributed by atoms with E-state index in [4.69, 9.17) is 10.1 Å². The number of nitrogens with one attached hydrogen (secondary N) is 1. The number of thioether (sulfide) groups is 1. The number of amides is 1. The second kappa shape index (κ2) is 7.80. The molecule has 30 heavy (non-hydrogen) atoms. The van der Waals surface area contributed by atoms with Gasteiger partial charge in [-0.25, -0.2) is 5.01 Å². The molecular weight excluding hydrogens is 392 g/mol. The molecule has 1 amide bonds. The van der Waals surface area contributed by atoms with E-state index in [-0.39, 0.29) is 12.1 Å². The average molecular weight is 413 g/mol. The Kier molecular flexibility index (Phi) is 4.85. The number of aryl methyl sites for hydroxylation is 1. The zero-order valence-electron chi connectivity index (χ0n) is 16.4. The first kappa shape index (κ1) is 18.6. The summed E-state index contributed by atoms with van der Waals surface area (Å²) in [5.41, 5.74) is 3.94. The number of carbonyl (C=O) groups excluding carboxylic acids is 1. The summed E-state index contributed by atoms with van der Waals surface area (Å²) in [6.45, 7) is 2.07. The lowest BCUT2D eigenvalue weighted by molar-refractivity contribution is -0.116. The van der Waals surface area contributed by atoms with E-state index in [9.17, 15) is 4.79 Å². The second-order valence-corrected chi connectivity index (χ2v) is 8.22. The summed E-state index contributed by atoms with van der Waals surface area (Å²) < 4.78 is 0. The van der Waals surface area contributed by atoms with E-state index in [2.05, 4.69) is 36.5 Å². The third kappa shape index (κ3) is 3.50. The van der Waals surface area contributed by atoms with E-state index in [0.29, 0.717) is 10.9 Å². The Balaban J connectivity index is 1.54. The number of carbonyl (C=O) groups is 1. The van der Waals surface area contributed by atoms with Gasteiger partial charge >= 0.3 is 0 Å². The van der Waals surface area contributed by atoms with Gasteiger partial charge in [-0.15, -0.1) is 5.10 Å². The summed E-state index contributed by atoms with van der Waals surface area (Å²) in [5, 5.41) is 11.7. The normalized spacial score (nSPS) is 17.4. The molecule has 0 saturated heterocycles. The molecular formula is C24H20N4OS. The number of nitrogens with zero attached hydrogens (tertiary/aromatic N) is 3. The first-order valence-corrected chi connectivity index (χ1v) is 10.8. The number of rotatable bonds is 3. The first-order valence-electron chi connectivity index (χ1n) is 9.79. The first-order chi connectivity index (χ1) is 14.7.